The first kappa shape index (κ1) is 17.5. The first-order chi connectivity index (χ1) is 12.1. The van der Waals surface area contributed by atoms with Crippen molar-refractivity contribution in [3.05, 3.63) is 53.2 Å². The molecule has 0 saturated carbocycles. The number of ether oxygens (including phenoxy) is 1. The normalized spacial score (nSPS) is 15.0. The smallest absolute Gasteiger partial charge is 0.261 e. The lowest BCUT2D eigenvalue weighted by Crippen LogP contribution is -2.36. The van der Waals surface area contributed by atoms with E-state index in [1.165, 1.54) is 12.8 Å². The van der Waals surface area contributed by atoms with Crippen molar-refractivity contribution in [2.24, 2.45) is 0 Å². The number of pyridine rings is 1. The zero-order valence-corrected chi connectivity index (χ0v) is 15.0. The fourth-order valence-corrected chi connectivity index (χ4v) is 2.99. The Hall–Kier alpha value is -2.27. The van der Waals surface area contributed by atoms with Crippen LogP contribution in [0, 0.1) is 0 Å². The highest BCUT2D eigenvalue weighted by molar-refractivity contribution is 6.32. The predicted octanol–water partition coefficient (Wildman–Crippen LogP) is 3.42. The van der Waals surface area contributed by atoms with Crippen LogP contribution in [0.25, 0.3) is 0 Å². The summed E-state index contributed by atoms with van der Waals surface area (Å²) in [6, 6.07) is 11.1. The van der Waals surface area contributed by atoms with Crippen molar-refractivity contribution in [2.75, 3.05) is 18.0 Å². The molecule has 0 spiro atoms. The third kappa shape index (κ3) is 4.63. The molecular weight excluding hydrogens is 338 g/mol. The lowest BCUT2D eigenvalue weighted by atomic mass is 10.2. The van der Waals surface area contributed by atoms with E-state index in [4.69, 9.17) is 16.3 Å². The zero-order valence-electron chi connectivity index (χ0n) is 14.2. The van der Waals surface area contributed by atoms with Crippen LogP contribution in [0.5, 0.6) is 5.75 Å². The monoisotopic (exact) mass is 359 g/mol. The molecule has 6 heteroatoms. The molecule has 0 aliphatic carbocycles. The standard InChI is InChI=1S/C19H22ClN3O2/c1-14(25-17-7-3-2-6-16(17)20)19(24)22-13-15-8-9-21-18(12-15)23-10-4-5-11-23/h2-3,6-9,12,14H,4-5,10-11,13H2,1H3,(H,22,24). The van der Waals surface area contributed by atoms with Crippen LogP contribution in [-0.2, 0) is 11.3 Å². The zero-order chi connectivity index (χ0) is 17.6. The van der Waals surface area contributed by atoms with Gasteiger partial charge >= 0.3 is 0 Å². The predicted molar refractivity (Wildman–Crippen MR) is 99.1 cm³/mol. The van der Waals surface area contributed by atoms with Gasteiger partial charge in [-0.3, -0.25) is 4.79 Å². The average Bonchev–Trinajstić information content (AvgIpc) is 3.16. The van der Waals surface area contributed by atoms with Gasteiger partial charge in [-0.25, -0.2) is 4.98 Å². The summed E-state index contributed by atoms with van der Waals surface area (Å²) in [6.45, 7) is 4.25. The first-order valence-corrected chi connectivity index (χ1v) is 8.90. The van der Waals surface area contributed by atoms with Gasteiger partial charge in [-0.05, 0) is 49.6 Å². The van der Waals surface area contributed by atoms with Crippen LogP contribution in [0.2, 0.25) is 5.02 Å². The van der Waals surface area contributed by atoms with E-state index >= 15 is 0 Å². The molecule has 1 aliphatic rings. The van der Waals surface area contributed by atoms with E-state index in [0.717, 1.165) is 24.5 Å². The summed E-state index contributed by atoms with van der Waals surface area (Å²) >= 11 is 6.06. The number of carbonyl (C=O) groups excluding carboxylic acids is 1. The maximum Gasteiger partial charge on any atom is 0.261 e. The van der Waals surface area contributed by atoms with Crippen LogP contribution < -0.4 is 15.0 Å². The van der Waals surface area contributed by atoms with E-state index in [1.807, 2.05) is 24.3 Å². The Bertz CT molecular complexity index is 732. The summed E-state index contributed by atoms with van der Waals surface area (Å²) in [5, 5.41) is 3.40. The molecule has 25 heavy (non-hydrogen) atoms. The number of rotatable bonds is 6. The Labute approximate surface area is 153 Å². The number of anilines is 1. The molecule has 2 aromatic rings. The van der Waals surface area contributed by atoms with Gasteiger partial charge < -0.3 is 15.0 Å². The van der Waals surface area contributed by atoms with Gasteiger partial charge in [0, 0.05) is 25.8 Å². The quantitative estimate of drug-likeness (QED) is 0.858. The van der Waals surface area contributed by atoms with Crippen molar-refractivity contribution in [1.29, 1.82) is 0 Å². The molecule has 1 unspecified atom stereocenters. The Morgan fingerprint density at radius 2 is 2.08 bits per heavy atom. The van der Waals surface area contributed by atoms with Crippen LogP contribution in [0.15, 0.2) is 42.6 Å². The van der Waals surface area contributed by atoms with Crippen molar-refractivity contribution < 1.29 is 9.53 Å². The molecule has 3 rings (SSSR count). The molecule has 1 fully saturated rings. The van der Waals surface area contributed by atoms with E-state index in [1.54, 1.807) is 25.3 Å². The van der Waals surface area contributed by atoms with Gasteiger partial charge in [0.2, 0.25) is 0 Å². The Kier molecular flexibility index (Phi) is 5.76. The van der Waals surface area contributed by atoms with Crippen LogP contribution >= 0.6 is 11.6 Å². The van der Waals surface area contributed by atoms with Gasteiger partial charge in [0.25, 0.3) is 5.91 Å². The van der Waals surface area contributed by atoms with Crippen molar-refractivity contribution in [3.8, 4) is 5.75 Å². The van der Waals surface area contributed by atoms with Gasteiger partial charge in [0.1, 0.15) is 11.6 Å². The Morgan fingerprint density at radius 3 is 2.84 bits per heavy atom. The number of amides is 1. The molecule has 1 aromatic heterocycles. The van der Waals surface area contributed by atoms with Crippen LogP contribution in [0.1, 0.15) is 25.3 Å². The van der Waals surface area contributed by atoms with Crippen LogP contribution in [0.3, 0.4) is 0 Å². The van der Waals surface area contributed by atoms with Gasteiger partial charge in [-0.1, -0.05) is 23.7 Å². The lowest BCUT2D eigenvalue weighted by Gasteiger charge is -2.18. The number of hydrogen-bond donors (Lipinski definition) is 1. The molecule has 1 saturated heterocycles. The number of benzene rings is 1. The highest BCUT2D eigenvalue weighted by Crippen LogP contribution is 2.24. The lowest BCUT2D eigenvalue weighted by molar-refractivity contribution is -0.127. The minimum Gasteiger partial charge on any atom is -0.479 e. The number of nitrogens with zero attached hydrogens (tertiary/aromatic N) is 2. The average molecular weight is 360 g/mol. The molecular formula is C19H22ClN3O2. The maximum absolute atomic E-state index is 12.3. The third-order valence-electron chi connectivity index (χ3n) is 4.22. The topological polar surface area (TPSA) is 54.5 Å². The van der Waals surface area contributed by atoms with Crippen LogP contribution in [0.4, 0.5) is 5.82 Å². The highest BCUT2D eigenvalue weighted by Gasteiger charge is 2.17. The van der Waals surface area contributed by atoms with Crippen molar-refractivity contribution in [2.45, 2.75) is 32.4 Å². The summed E-state index contributed by atoms with van der Waals surface area (Å²) in [7, 11) is 0. The number of carbonyl (C=O) groups is 1. The molecule has 5 nitrogen and oxygen atoms in total. The molecule has 1 N–H and O–H groups in total. The van der Waals surface area contributed by atoms with Crippen molar-refractivity contribution in [1.82, 2.24) is 10.3 Å². The fraction of sp³-hybridized carbons (Fsp3) is 0.368. The molecule has 1 aliphatic heterocycles. The Morgan fingerprint density at radius 1 is 1.32 bits per heavy atom. The molecule has 1 aromatic carbocycles. The van der Waals surface area contributed by atoms with Gasteiger partial charge in [-0.15, -0.1) is 0 Å². The van der Waals surface area contributed by atoms with Gasteiger partial charge in [0.15, 0.2) is 6.10 Å². The number of halogens is 1. The van der Waals surface area contributed by atoms with E-state index in [9.17, 15) is 4.79 Å². The summed E-state index contributed by atoms with van der Waals surface area (Å²) in [4.78, 5) is 19.0. The number of para-hydroxylation sites is 1. The molecule has 2 heterocycles. The van der Waals surface area contributed by atoms with E-state index in [0.29, 0.717) is 17.3 Å². The van der Waals surface area contributed by atoms with Crippen LogP contribution in [-0.4, -0.2) is 30.1 Å². The highest BCUT2D eigenvalue weighted by atomic mass is 35.5. The summed E-state index contributed by atoms with van der Waals surface area (Å²) < 4.78 is 5.64. The Balaban J connectivity index is 1.55. The SMILES string of the molecule is CC(Oc1ccccc1Cl)C(=O)NCc1ccnc(N2CCCC2)c1. The number of aromatic nitrogens is 1. The minimum absolute atomic E-state index is 0.181. The second-order valence-electron chi connectivity index (χ2n) is 6.12. The van der Waals surface area contributed by atoms with E-state index < -0.39 is 6.10 Å². The molecule has 0 bridgehead atoms. The van der Waals surface area contributed by atoms with E-state index in [2.05, 4.69) is 15.2 Å². The first-order valence-electron chi connectivity index (χ1n) is 8.52. The van der Waals surface area contributed by atoms with E-state index in [-0.39, 0.29) is 5.91 Å². The van der Waals surface area contributed by atoms with Crippen molar-refractivity contribution in [3.63, 3.8) is 0 Å². The summed E-state index contributed by atoms with van der Waals surface area (Å²) in [5.74, 6) is 1.30. The molecule has 0 radical (unpaired) electrons. The molecule has 132 valence electrons. The maximum atomic E-state index is 12.3. The molecule has 1 amide bonds. The third-order valence-corrected chi connectivity index (χ3v) is 4.53. The van der Waals surface area contributed by atoms with Gasteiger partial charge in [0.05, 0.1) is 5.02 Å². The summed E-state index contributed by atoms with van der Waals surface area (Å²) in [5.41, 5.74) is 1.02. The molecule has 1 atom stereocenters. The second-order valence-corrected chi connectivity index (χ2v) is 6.53. The fourth-order valence-electron chi connectivity index (χ4n) is 2.81. The van der Waals surface area contributed by atoms with Crippen molar-refractivity contribution >= 4 is 23.3 Å². The summed E-state index contributed by atoms with van der Waals surface area (Å²) in [6.07, 6.45) is 3.58. The number of hydrogen-bond acceptors (Lipinski definition) is 4. The number of nitrogens with one attached hydrogen (secondary N) is 1. The van der Waals surface area contributed by atoms with Gasteiger partial charge in [-0.2, -0.15) is 0 Å². The second kappa shape index (κ2) is 8.21. The minimum atomic E-state index is -0.625. The largest absolute Gasteiger partial charge is 0.479 e.